The lowest BCUT2D eigenvalue weighted by Gasteiger charge is -2.36. The van der Waals surface area contributed by atoms with Gasteiger partial charge in [0.1, 0.15) is 0 Å². The molecular weight excluding hydrogens is 222 g/mol. The number of urea groups is 1. The van der Waals surface area contributed by atoms with Gasteiger partial charge in [-0.25, -0.2) is 4.79 Å². The average Bonchev–Trinajstić information content (AvgIpc) is 2.04. The van der Waals surface area contributed by atoms with Crippen LogP contribution in [0.1, 0.15) is 20.8 Å². The average molecular weight is 238 g/mol. The molecule has 0 spiro atoms. The molecule has 1 fully saturated rings. The Morgan fingerprint density at radius 2 is 2.14 bits per heavy atom. The van der Waals surface area contributed by atoms with Gasteiger partial charge in [0, 0.05) is 12.6 Å². The summed E-state index contributed by atoms with van der Waals surface area (Å²) in [7, 11) is 0. The van der Waals surface area contributed by atoms with Gasteiger partial charge in [-0.1, -0.05) is 11.8 Å². The van der Waals surface area contributed by atoms with E-state index in [0.717, 1.165) is 0 Å². The second-order valence-electron chi connectivity index (χ2n) is 3.17. The van der Waals surface area contributed by atoms with Crippen LogP contribution in [-0.2, 0) is 0 Å². The monoisotopic (exact) mass is 237 g/mol. The minimum atomic E-state index is -0.0405. The topological polar surface area (TPSA) is 47.4 Å². The molecule has 0 saturated carbocycles. The zero-order valence-corrected chi connectivity index (χ0v) is 10.2. The van der Waals surface area contributed by atoms with Crippen LogP contribution >= 0.6 is 24.2 Å². The number of thioether (sulfide) groups is 1. The van der Waals surface area contributed by atoms with Crippen LogP contribution in [0.3, 0.4) is 0 Å². The second-order valence-corrected chi connectivity index (χ2v) is 4.10. The Labute approximate surface area is 94.9 Å². The second kappa shape index (κ2) is 5.46. The Hall–Kier alpha value is -0.420. The van der Waals surface area contributed by atoms with Crippen LogP contribution in [0.4, 0.5) is 4.79 Å². The molecule has 1 aliphatic heterocycles. The van der Waals surface area contributed by atoms with Crippen molar-refractivity contribution < 1.29 is 4.79 Å². The zero-order valence-electron chi connectivity index (χ0n) is 8.61. The highest BCUT2D eigenvalue weighted by Gasteiger charge is 2.30. The zero-order chi connectivity index (χ0) is 10.0. The van der Waals surface area contributed by atoms with Crippen LogP contribution in [0.25, 0.3) is 0 Å². The van der Waals surface area contributed by atoms with Gasteiger partial charge in [-0.2, -0.15) is 0 Å². The van der Waals surface area contributed by atoms with Crippen molar-refractivity contribution in [2.75, 3.05) is 12.4 Å². The molecule has 2 amide bonds. The van der Waals surface area contributed by atoms with Crippen LogP contribution < -0.4 is 0 Å². The predicted octanol–water partition coefficient (Wildman–Crippen LogP) is 2.20. The molecule has 1 aliphatic rings. The Balaban J connectivity index is 0.00000169. The predicted molar refractivity (Wildman–Crippen MR) is 62.2 cm³/mol. The van der Waals surface area contributed by atoms with Crippen LogP contribution in [0.15, 0.2) is 0 Å². The van der Waals surface area contributed by atoms with Gasteiger partial charge >= 0.3 is 6.03 Å². The van der Waals surface area contributed by atoms with Crippen molar-refractivity contribution in [3.05, 3.63) is 0 Å². The minimum absolute atomic E-state index is 0. The first kappa shape index (κ1) is 13.6. The lowest BCUT2D eigenvalue weighted by molar-refractivity contribution is 0.171. The summed E-state index contributed by atoms with van der Waals surface area (Å²) in [6.07, 6.45) is 0. The van der Waals surface area contributed by atoms with Gasteiger partial charge < -0.3 is 4.90 Å². The molecule has 14 heavy (non-hydrogen) atoms. The SMILES string of the molecule is CCN1C(=N)SCN(C(C)C)C1=O.Cl. The molecule has 0 bridgehead atoms. The van der Waals surface area contributed by atoms with Crippen molar-refractivity contribution in [2.45, 2.75) is 26.8 Å². The normalized spacial score (nSPS) is 17.4. The number of amides is 2. The van der Waals surface area contributed by atoms with Crippen LogP contribution in [0.2, 0.25) is 0 Å². The highest BCUT2D eigenvalue weighted by atomic mass is 35.5. The molecule has 1 heterocycles. The van der Waals surface area contributed by atoms with E-state index in [1.165, 1.54) is 16.7 Å². The fourth-order valence-corrected chi connectivity index (χ4v) is 2.19. The van der Waals surface area contributed by atoms with E-state index in [4.69, 9.17) is 5.41 Å². The van der Waals surface area contributed by atoms with Gasteiger partial charge in [-0.05, 0) is 20.8 Å². The summed E-state index contributed by atoms with van der Waals surface area (Å²) in [6, 6.07) is 0.170. The van der Waals surface area contributed by atoms with Crippen LogP contribution in [-0.4, -0.2) is 39.5 Å². The number of nitrogens with one attached hydrogen (secondary N) is 1. The van der Waals surface area contributed by atoms with E-state index in [2.05, 4.69) is 0 Å². The van der Waals surface area contributed by atoms with Crippen molar-refractivity contribution in [1.82, 2.24) is 9.80 Å². The minimum Gasteiger partial charge on any atom is -0.312 e. The summed E-state index contributed by atoms with van der Waals surface area (Å²) < 4.78 is 0. The van der Waals surface area contributed by atoms with Crippen LogP contribution in [0.5, 0.6) is 0 Å². The molecule has 1 saturated heterocycles. The van der Waals surface area contributed by atoms with Gasteiger partial charge in [-0.3, -0.25) is 10.3 Å². The van der Waals surface area contributed by atoms with E-state index in [-0.39, 0.29) is 24.5 Å². The molecule has 0 atom stereocenters. The maximum atomic E-state index is 11.7. The largest absolute Gasteiger partial charge is 0.326 e. The van der Waals surface area contributed by atoms with Crippen molar-refractivity contribution in [3.63, 3.8) is 0 Å². The molecular formula is C8H16ClN3OS. The number of halogens is 1. The van der Waals surface area contributed by atoms with Crippen molar-refractivity contribution >= 4 is 35.4 Å². The number of carbonyl (C=O) groups is 1. The molecule has 4 nitrogen and oxygen atoms in total. The highest BCUT2D eigenvalue weighted by Crippen LogP contribution is 2.20. The van der Waals surface area contributed by atoms with Crippen LogP contribution in [0, 0.1) is 5.41 Å². The van der Waals surface area contributed by atoms with E-state index in [1.807, 2.05) is 20.8 Å². The number of amidine groups is 1. The lowest BCUT2D eigenvalue weighted by Crippen LogP contribution is -2.51. The molecule has 1 rings (SSSR count). The van der Waals surface area contributed by atoms with Gasteiger partial charge in [0.25, 0.3) is 0 Å². The molecule has 0 radical (unpaired) electrons. The molecule has 82 valence electrons. The first-order chi connectivity index (χ1) is 6.07. The molecule has 0 aromatic heterocycles. The number of carbonyl (C=O) groups excluding carboxylic acids is 1. The Kier molecular flexibility index (Phi) is 5.29. The molecule has 1 N–H and O–H groups in total. The molecule has 0 aromatic carbocycles. The summed E-state index contributed by atoms with van der Waals surface area (Å²) in [5.41, 5.74) is 0. The maximum Gasteiger partial charge on any atom is 0.326 e. The maximum absolute atomic E-state index is 11.7. The standard InChI is InChI=1S/C8H15N3OS.ClH/c1-4-10-7(9)13-5-11(6(2)3)8(10)12;/h6,9H,4-5H2,1-3H3;1H. The molecule has 0 aliphatic carbocycles. The quantitative estimate of drug-likeness (QED) is 0.801. The number of hydrogen-bond acceptors (Lipinski definition) is 3. The smallest absolute Gasteiger partial charge is 0.312 e. The summed E-state index contributed by atoms with van der Waals surface area (Å²) in [4.78, 5) is 15.0. The Bertz CT molecular complexity index is 235. The fourth-order valence-electron chi connectivity index (χ4n) is 1.15. The van der Waals surface area contributed by atoms with Crippen molar-refractivity contribution in [3.8, 4) is 0 Å². The third-order valence-electron chi connectivity index (χ3n) is 2.00. The van der Waals surface area contributed by atoms with Gasteiger partial charge in [0.05, 0.1) is 5.88 Å². The van der Waals surface area contributed by atoms with Crippen molar-refractivity contribution in [1.29, 1.82) is 5.41 Å². The third-order valence-corrected chi connectivity index (χ3v) is 2.90. The number of rotatable bonds is 2. The fraction of sp³-hybridized carbons (Fsp3) is 0.750. The highest BCUT2D eigenvalue weighted by molar-refractivity contribution is 8.13. The lowest BCUT2D eigenvalue weighted by atomic mass is 10.3. The van der Waals surface area contributed by atoms with E-state index in [9.17, 15) is 4.79 Å². The first-order valence-electron chi connectivity index (χ1n) is 4.37. The van der Waals surface area contributed by atoms with E-state index >= 15 is 0 Å². The summed E-state index contributed by atoms with van der Waals surface area (Å²) >= 11 is 1.41. The Morgan fingerprint density at radius 3 is 2.57 bits per heavy atom. The third kappa shape index (κ3) is 2.54. The number of nitrogens with zero attached hydrogens (tertiary/aromatic N) is 2. The first-order valence-corrected chi connectivity index (χ1v) is 5.36. The Morgan fingerprint density at radius 1 is 1.57 bits per heavy atom. The van der Waals surface area contributed by atoms with Gasteiger partial charge in [0.15, 0.2) is 5.17 Å². The molecule has 0 unspecified atom stereocenters. The van der Waals surface area contributed by atoms with Crippen molar-refractivity contribution in [2.24, 2.45) is 0 Å². The van der Waals surface area contributed by atoms with E-state index < -0.39 is 0 Å². The van der Waals surface area contributed by atoms with Gasteiger partial charge in [0.2, 0.25) is 0 Å². The molecule has 6 heteroatoms. The van der Waals surface area contributed by atoms with E-state index in [0.29, 0.717) is 17.6 Å². The van der Waals surface area contributed by atoms with Gasteiger partial charge in [-0.15, -0.1) is 12.4 Å². The summed E-state index contributed by atoms with van der Waals surface area (Å²) in [5, 5.41) is 7.91. The summed E-state index contributed by atoms with van der Waals surface area (Å²) in [6.45, 7) is 6.44. The number of hydrogen-bond donors (Lipinski definition) is 1. The molecule has 0 aromatic rings. The summed E-state index contributed by atoms with van der Waals surface area (Å²) in [5.74, 6) is 0.603. The van der Waals surface area contributed by atoms with E-state index in [1.54, 1.807) is 4.90 Å².